The van der Waals surface area contributed by atoms with Crippen LogP contribution in [-0.2, 0) is 28.5 Å². The number of hydrogen-bond donors (Lipinski definition) is 4. The Morgan fingerprint density at radius 2 is 1.85 bits per heavy atom. The van der Waals surface area contributed by atoms with E-state index in [1.54, 1.807) is 0 Å². The van der Waals surface area contributed by atoms with Gasteiger partial charge in [0.2, 0.25) is 0 Å². The van der Waals surface area contributed by atoms with Crippen LogP contribution in [0.5, 0.6) is 0 Å². The van der Waals surface area contributed by atoms with E-state index in [-0.39, 0.29) is 93.5 Å². The Kier molecular flexibility index (Phi) is 14.8. The van der Waals surface area contributed by atoms with Crippen molar-refractivity contribution >= 4 is 17.9 Å². The number of carbonyl (C=O) groups excluding carboxylic acids is 3. The minimum atomic E-state index is -1.04. The van der Waals surface area contributed by atoms with E-state index >= 15 is 4.39 Å². The standard InChI is InChI=1S/C36H50F3N7O7/c1-24(22-53-35(49)41-9-13-51-15-16-52-14-10-46-31(47)5-6-32(46)48)43-23-45(21-25-18-40-19-29(25)39)33(36(2)7-11-50-12-8-36)34-42-20-30(44-34)27-17-26(37)3-4-28(27)38/h3-6,17,20,24-25,29,33,40,43H,7-16,18-19,21-23H2,1-2H3,(H,41,49)(H,42,44). The molecule has 53 heavy (non-hydrogen) atoms. The molecule has 3 amide bonds. The first-order chi connectivity index (χ1) is 25.5. The first-order valence-electron chi connectivity index (χ1n) is 18.0. The van der Waals surface area contributed by atoms with Crippen LogP contribution in [-0.4, -0.2) is 136 Å². The predicted octanol–water partition coefficient (Wildman–Crippen LogP) is 2.69. The number of imide groups is 1. The Bertz CT molecular complexity index is 1540. The highest BCUT2D eigenvalue weighted by Gasteiger charge is 2.44. The van der Waals surface area contributed by atoms with Gasteiger partial charge in [-0.05, 0) is 43.4 Å². The number of imidazole rings is 1. The molecule has 1 aromatic heterocycles. The maximum absolute atomic E-state index is 15.0. The van der Waals surface area contributed by atoms with Crippen molar-refractivity contribution in [2.24, 2.45) is 11.3 Å². The van der Waals surface area contributed by atoms with Crippen LogP contribution in [0.1, 0.15) is 38.6 Å². The minimum Gasteiger partial charge on any atom is -0.448 e. The summed E-state index contributed by atoms with van der Waals surface area (Å²) in [4.78, 5) is 46.6. The Morgan fingerprint density at radius 3 is 2.57 bits per heavy atom. The van der Waals surface area contributed by atoms with Crippen molar-refractivity contribution in [3.63, 3.8) is 0 Å². The third-order valence-corrected chi connectivity index (χ3v) is 9.81. The molecule has 1 aromatic carbocycles. The van der Waals surface area contributed by atoms with E-state index in [4.69, 9.17) is 18.9 Å². The molecule has 17 heteroatoms. The SMILES string of the molecule is CC(COC(=O)NCCOCCOCCN1C(=O)C=CC1=O)NCN(CC1CNCC1F)C(c1ncc(-c2cc(F)ccc2F)[nH]1)C1(C)CCOCC1. The molecule has 4 heterocycles. The highest BCUT2D eigenvalue weighted by molar-refractivity contribution is 6.12. The molecule has 3 aliphatic rings. The Labute approximate surface area is 307 Å². The first kappa shape index (κ1) is 40.3. The van der Waals surface area contributed by atoms with Crippen LogP contribution in [0.3, 0.4) is 0 Å². The molecule has 292 valence electrons. The van der Waals surface area contributed by atoms with Crippen LogP contribution in [0.2, 0.25) is 0 Å². The maximum Gasteiger partial charge on any atom is 0.407 e. The molecule has 0 radical (unpaired) electrons. The summed E-state index contributed by atoms with van der Waals surface area (Å²) >= 11 is 0. The van der Waals surface area contributed by atoms with E-state index in [2.05, 4.69) is 37.7 Å². The zero-order valence-electron chi connectivity index (χ0n) is 30.2. The summed E-state index contributed by atoms with van der Waals surface area (Å²) in [5.74, 6) is -1.59. The van der Waals surface area contributed by atoms with Crippen molar-refractivity contribution in [1.82, 2.24) is 35.7 Å². The van der Waals surface area contributed by atoms with Crippen LogP contribution < -0.4 is 16.0 Å². The molecule has 4 atom stereocenters. The second-order valence-electron chi connectivity index (χ2n) is 13.9. The molecule has 2 aromatic rings. The average molecular weight is 750 g/mol. The summed E-state index contributed by atoms with van der Waals surface area (Å²) in [6.07, 6.45) is 3.71. The van der Waals surface area contributed by atoms with E-state index in [1.807, 2.05) is 6.92 Å². The van der Waals surface area contributed by atoms with Crippen LogP contribution in [0, 0.1) is 23.0 Å². The number of hydrogen-bond acceptors (Lipinski definition) is 11. The van der Waals surface area contributed by atoms with Crippen molar-refractivity contribution in [2.75, 3.05) is 85.6 Å². The Hall–Kier alpha value is -3.87. The van der Waals surface area contributed by atoms with E-state index in [0.29, 0.717) is 57.3 Å². The number of nitrogens with zero attached hydrogens (tertiary/aromatic N) is 3. The normalized spacial score (nSPS) is 21.1. The van der Waals surface area contributed by atoms with Gasteiger partial charge in [0.1, 0.15) is 30.2 Å². The van der Waals surface area contributed by atoms with Crippen molar-refractivity contribution in [1.29, 1.82) is 0 Å². The minimum absolute atomic E-state index is 0.0577. The molecule has 2 fully saturated rings. The van der Waals surface area contributed by atoms with Gasteiger partial charge in [0, 0.05) is 75.7 Å². The number of rotatable bonds is 20. The number of alkyl halides is 1. The zero-order chi connectivity index (χ0) is 37.8. The number of amides is 3. The molecule has 0 spiro atoms. The fourth-order valence-electron chi connectivity index (χ4n) is 6.75. The highest BCUT2D eigenvalue weighted by Crippen LogP contribution is 2.45. The van der Waals surface area contributed by atoms with Gasteiger partial charge in [0.05, 0.1) is 50.9 Å². The largest absolute Gasteiger partial charge is 0.448 e. The van der Waals surface area contributed by atoms with E-state index < -0.39 is 23.9 Å². The monoisotopic (exact) mass is 749 g/mol. The van der Waals surface area contributed by atoms with Crippen LogP contribution >= 0.6 is 0 Å². The molecular formula is C36H50F3N7O7. The van der Waals surface area contributed by atoms with Gasteiger partial charge in [-0.1, -0.05) is 6.92 Å². The van der Waals surface area contributed by atoms with Crippen molar-refractivity contribution in [3.05, 3.63) is 54.0 Å². The second-order valence-corrected chi connectivity index (χ2v) is 13.9. The number of aromatic nitrogens is 2. The molecule has 5 rings (SSSR count). The molecule has 0 aliphatic carbocycles. The van der Waals surface area contributed by atoms with E-state index in [0.717, 1.165) is 23.1 Å². The molecule has 0 bridgehead atoms. The third kappa shape index (κ3) is 11.3. The van der Waals surface area contributed by atoms with Gasteiger partial charge in [-0.3, -0.25) is 24.7 Å². The number of ether oxygens (including phenoxy) is 4. The number of halogens is 3. The number of benzene rings is 1. The predicted molar refractivity (Wildman–Crippen MR) is 187 cm³/mol. The second kappa shape index (κ2) is 19.5. The van der Waals surface area contributed by atoms with Crippen LogP contribution in [0.25, 0.3) is 11.3 Å². The zero-order valence-corrected chi connectivity index (χ0v) is 30.2. The molecule has 14 nitrogen and oxygen atoms in total. The fraction of sp³-hybridized carbons (Fsp3) is 0.611. The van der Waals surface area contributed by atoms with Crippen LogP contribution in [0.15, 0.2) is 36.5 Å². The Morgan fingerprint density at radius 1 is 1.11 bits per heavy atom. The summed E-state index contributed by atoms with van der Waals surface area (Å²) in [6.45, 7) is 7.97. The van der Waals surface area contributed by atoms with Gasteiger partial charge in [-0.2, -0.15) is 0 Å². The number of carbonyl (C=O) groups is 3. The molecule has 4 N–H and O–H groups in total. The lowest BCUT2D eigenvalue weighted by atomic mass is 9.74. The van der Waals surface area contributed by atoms with E-state index in [1.165, 1.54) is 18.3 Å². The topological polar surface area (TPSA) is 159 Å². The van der Waals surface area contributed by atoms with Gasteiger partial charge in [-0.15, -0.1) is 0 Å². The molecule has 3 aliphatic heterocycles. The number of nitrogens with one attached hydrogen (secondary N) is 4. The van der Waals surface area contributed by atoms with Gasteiger partial charge in [0.25, 0.3) is 11.8 Å². The van der Waals surface area contributed by atoms with E-state index in [9.17, 15) is 23.2 Å². The van der Waals surface area contributed by atoms with Crippen molar-refractivity contribution in [3.8, 4) is 11.3 Å². The molecular weight excluding hydrogens is 699 g/mol. The summed E-state index contributed by atoms with van der Waals surface area (Å²) in [5, 5.41) is 9.20. The van der Waals surface area contributed by atoms with Gasteiger partial charge < -0.3 is 34.6 Å². The lowest BCUT2D eigenvalue weighted by Gasteiger charge is -2.46. The maximum atomic E-state index is 15.0. The molecule has 0 saturated carbocycles. The smallest absolute Gasteiger partial charge is 0.407 e. The molecule has 2 saturated heterocycles. The summed E-state index contributed by atoms with van der Waals surface area (Å²) in [5.41, 5.74) is 0.0534. The highest BCUT2D eigenvalue weighted by atomic mass is 19.1. The fourth-order valence-corrected chi connectivity index (χ4v) is 6.75. The molecule has 4 unspecified atom stereocenters. The number of alkyl carbamates (subject to hydrolysis) is 1. The average Bonchev–Trinajstić information content (AvgIpc) is 3.87. The van der Waals surface area contributed by atoms with Crippen LogP contribution in [0.4, 0.5) is 18.0 Å². The van der Waals surface area contributed by atoms with Crippen molar-refractivity contribution in [2.45, 2.75) is 44.9 Å². The van der Waals surface area contributed by atoms with Gasteiger partial charge >= 0.3 is 6.09 Å². The van der Waals surface area contributed by atoms with Gasteiger partial charge in [-0.25, -0.2) is 22.9 Å². The number of H-pyrrole nitrogens is 1. The van der Waals surface area contributed by atoms with Crippen molar-refractivity contribution < 1.29 is 46.5 Å². The lowest BCUT2D eigenvalue weighted by molar-refractivity contribution is -0.137. The Balaban J connectivity index is 1.12. The summed E-state index contributed by atoms with van der Waals surface area (Å²) < 4.78 is 65.8. The van der Waals surface area contributed by atoms with Gasteiger partial charge in [0.15, 0.2) is 0 Å². The number of aromatic amines is 1. The third-order valence-electron chi connectivity index (χ3n) is 9.81. The summed E-state index contributed by atoms with van der Waals surface area (Å²) in [7, 11) is 0. The quantitative estimate of drug-likeness (QED) is 0.0897. The lowest BCUT2D eigenvalue weighted by Crippen LogP contribution is -2.51. The first-order valence-corrected chi connectivity index (χ1v) is 18.0. The summed E-state index contributed by atoms with van der Waals surface area (Å²) in [6, 6.07) is 2.63.